The van der Waals surface area contributed by atoms with Gasteiger partial charge in [-0.2, -0.15) is 5.26 Å². The summed E-state index contributed by atoms with van der Waals surface area (Å²) in [4.78, 5) is 0. The summed E-state index contributed by atoms with van der Waals surface area (Å²) in [7, 11) is 0. The van der Waals surface area contributed by atoms with Gasteiger partial charge in [-0.05, 0) is 58.8 Å². The average Bonchev–Trinajstić information content (AvgIpc) is 2.31. The van der Waals surface area contributed by atoms with Gasteiger partial charge in [0.2, 0.25) is 0 Å². The molecular formula is C14H26N2O. The minimum atomic E-state index is -0.183. The Morgan fingerprint density at radius 1 is 1.24 bits per heavy atom. The smallest absolute Gasteiger partial charge is 0.0683 e. The number of nitrogens with two attached hydrogens (primary N) is 1. The second-order valence-electron chi connectivity index (χ2n) is 5.86. The number of hydrogen-bond acceptors (Lipinski definition) is 3. The standard InChI is InChI=1S/C14H26N2O/c1-14(2,11-15)9-3-4-10-17-13-7-5-12(16)6-8-13/h12-13H,3-10,16H2,1-2H3. The Balaban J connectivity index is 2.00. The highest BCUT2D eigenvalue weighted by Crippen LogP contribution is 2.23. The molecule has 0 radical (unpaired) electrons. The van der Waals surface area contributed by atoms with E-state index in [0.29, 0.717) is 12.1 Å². The molecule has 0 aromatic carbocycles. The molecule has 0 saturated heterocycles. The number of nitriles is 1. The SMILES string of the molecule is CC(C)(C#N)CCCCOC1CCC(N)CC1. The molecule has 17 heavy (non-hydrogen) atoms. The van der Waals surface area contributed by atoms with E-state index in [0.717, 1.165) is 51.6 Å². The summed E-state index contributed by atoms with van der Waals surface area (Å²) in [5, 5.41) is 8.89. The van der Waals surface area contributed by atoms with Crippen molar-refractivity contribution in [1.29, 1.82) is 5.26 Å². The molecular weight excluding hydrogens is 212 g/mol. The normalized spacial score (nSPS) is 25.5. The van der Waals surface area contributed by atoms with E-state index < -0.39 is 0 Å². The van der Waals surface area contributed by atoms with E-state index in [1.165, 1.54) is 0 Å². The molecule has 98 valence electrons. The van der Waals surface area contributed by atoms with Crippen LogP contribution in [0.2, 0.25) is 0 Å². The molecule has 1 saturated carbocycles. The highest BCUT2D eigenvalue weighted by molar-refractivity contribution is 4.91. The molecule has 0 amide bonds. The third-order valence-corrected chi connectivity index (χ3v) is 3.57. The molecule has 0 spiro atoms. The first-order chi connectivity index (χ1) is 8.03. The molecule has 3 heteroatoms. The van der Waals surface area contributed by atoms with Gasteiger partial charge in [-0.1, -0.05) is 0 Å². The maximum Gasteiger partial charge on any atom is 0.0683 e. The van der Waals surface area contributed by atoms with Crippen molar-refractivity contribution < 1.29 is 4.74 Å². The van der Waals surface area contributed by atoms with Crippen LogP contribution in [-0.4, -0.2) is 18.8 Å². The van der Waals surface area contributed by atoms with Crippen LogP contribution in [0, 0.1) is 16.7 Å². The fourth-order valence-corrected chi connectivity index (χ4v) is 2.23. The van der Waals surface area contributed by atoms with E-state index in [9.17, 15) is 0 Å². The Hall–Kier alpha value is -0.590. The first-order valence-electron chi connectivity index (χ1n) is 6.82. The summed E-state index contributed by atoms with van der Waals surface area (Å²) in [5.41, 5.74) is 5.67. The number of hydrogen-bond donors (Lipinski definition) is 1. The first-order valence-corrected chi connectivity index (χ1v) is 6.82. The Morgan fingerprint density at radius 3 is 2.47 bits per heavy atom. The van der Waals surface area contributed by atoms with E-state index in [4.69, 9.17) is 15.7 Å². The lowest BCUT2D eigenvalue weighted by Gasteiger charge is -2.26. The topological polar surface area (TPSA) is 59.0 Å². The van der Waals surface area contributed by atoms with Crippen molar-refractivity contribution in [2.24, 2.45) is 11.1 Å². The first kappa shape index (κ1) is 14.5. The second kappa shape index (κ2) is 6.98. The van der Waals surface area contributed by atoms with Gasteiger partial charge < -0.3 is 10.5 Å². The van der Waals surface area contributed by atoms with Crippen LogP contribution in [0.5, 0.6) is 0 Å². The zero-order chi connectivity index (χ0) is 12.7. The van der Waals surface area contributed by atoms with Crippen LogP contribution < -0.4 is 5.73 Å². The van der Waals surface area contributed by atoms with Crippen molar-refractivity contribution in [1.82, 2.24) is 0 Å². The third-order valence-electron chi connectivity index (χ3n) is 3.57. The third kappa shape index (κ3) is 6.05. The highest BCUT2D eigenvalue weighted by Gasteiger charge is 2.19. The minimum Gasteiger partial charge on any atom is -0.378 e. The Morgan fingerprint density at radius 2 is 1.88 bits per heavy atom. The van der Waals surface area contributed by atoms with Gasteiger partial charge in [0.15, 0.2) is 0 Å². The fraction of sp³-hybridized carbons (Fsp3) is 0.929. The Kier molecular flexibility index (Phi) is 5.94. The molecule has 2 N–H and O–H groups in total. The lowest BCUT2D eigenvalue weighted by atomic mass is 9.89. The quantitative estimate of drug-likeness (QED) is 0.724. The molecule has 0 heterocycles. The van der Waals surface area contributed by atoms with E-state index in [-0.39, 0.29) is 5.41 Å². The minimum absolute atomic E-state index is 0.183. The van der Waals surface area contributed by atoms with E-state index in [2.05, 4.69) is 6.07 Å². The summed E-state index contributed by atoms with van der Waals surface area (Å²) in [6.07, 6.45) is 7.97. The predicted molar refractivity (Wildman–Crippen MR) is 69.4 cm³/mol. The van der Waals surface area contributed by atoms with Gasteiger partial charge >= 0.3 is 0 Å². The molecule has 1 rings (SSSR count). The fourth-order valence-electron chi connectivity index (χ4n) is 2.23. The van der Waals surface area contributed by atoms with E-state index in [1.54, 1.807) is 0 Å². The van der Waals surface area contributed by atoms with Crippen LogP contribution in [0.15, 0.2) is 0 Å². The molecule has 0 bridgehead atoms. The molecule has 1 aliphatic carbocycles. The average molecular weight is 238 g/mol. The van der Waals surface area contributed by atoms with Gasteiger partial charge in [-0.3, -0.25) is 0 Å². The van der Waals surface area contributed by atoms with Gasteiger partial charge in [0.25, 0.3) is 0 Å². The van der Waals surface area contributed by atoms with Crippen molar-refractivity contribution in [2.75, 3.05) is 6.61 Å². The summed E-state index contributed by atoms with van der Waals surface area (Å²) in [6.45, 7) is 4.83. The van der Waals surface area contributed by atoms with Crippen LogP contribution in [0.3, 0.4) is 0 Å². The Bertz CT molecular complexity index is 249. The van der Waals surface area contributed by atoms with Crippen LogP contribution in [0.1, 0.15) is 58.8 Å². The van der Waals surface area contributed by atoms with Gasteiger partial charge in [0.05, 0.1) is 17.6 Å². The van der Waals surface area contributed by atoms with Gasteiger partial charge in [0, 0.05) is 12.6 Å². The van der Waals surface area contributed by atoms with Crippen LogP contribution in [0.25, 0.3) is 0 Å². The molecule has 0 aromatic rings. The second-order valence-corrected chi connectivity index (χ2v) is 5.86. The molecule has 3 nitrogen and oxygen atoms in total. The van der Waals surface area contributed by atoms with Crippen molar-refractivity contribution in [3.05, 3.63) is 0 Å². The molecule has 0 unspecified atom stereocenters. The number of nitrogens with zero attached hydrogens (tertiary/aromatic N) is 1. The summed E-state index contributed by atoms with van der Waals surface area (Å²) >= 11 is 0. The molecule has 0 aromatic heterocycles. The maximum atomic E-state index is 8.89. The maximum absolute atomic E-state index is 8.89. The van der Waals surface area contributed by atoms with Crippen molar-refractivity contribution in [2.45, 2.75) is 70.9 Å². The molecule has 1 aliphatic rings. The number of rotatable bonds is 6. The zero-order valence-corrected chi connectivity index (χ0v) is 11.2. The Labute approximate surface area is 105 Å². The van der Waals surface area contributed by atoms with Crippen molar-refractivity contribution in [3.8, 4) is 6.07 Å². The predicted octanol–water partition coefficient (Wildman–Crippen LogP) is 2.99. The van der Waals surface area contributed by atoms with Crippen LogP contribution in [-0.2, 0) is 4.74 Å². The lowest BCUT2D eigenvalue weighted by Crippen LogP contribution is -2.30. The van der Waals surface area contributed by atoms with Gasteiger partial charge in [-0.15, -0.1) is 0 Å². The number of unbranched alkanes of at least 4 members (excludes halogenated alkanes) is 1. The van der Waals surface area contributed by atoms with Crippen LogP contribution in [0.4, 0.5) is 0 Å². The lowest BCUT2D eigenvalue weighted by molar-refractivity contribution is 0.0226. The van der Waals surface area contributed by atoms with Crippen molar-refractivity contribution in [3.63, 3.8) is 0 Å². The molecule has 0 aliphatic heterocycles. The zero-order valence-electron chi connectivity index (χ0n) is 11.2. The van der Waals surface area contributed by atoms with E-state index >= 15 is 0 Å². The van der Waals surface area contributed by atoms with Crippen LogP contribution >= 0.6 is 0 Å². The summed E-state index contributed by atoms with van der Waals surface area (Å²) < 4.78 is 5.84. The molecule has 1 fully saturated rings. The number of ether oxygens (including phenoxy) is 1. The van der Waals surface area contributed by atoms with E-state index in [1.807, 2.05) is 13.8 Å². The summed E-state index contributed by atoms with van der Waals surface area (Å²) in [6, 6.07) is 2.73. The molecule has 0 atom stereocenters. The monoisotopic (exact) mass is 238 g/mol. The van der Waals surface area contributed by atoms with Gasteiger partial charge in [-0.25, -0.2) is 0 Å². The summed E-state index contributed by atoms with van der Waals surface area (Å²) in [5.74, 6) is 0. The van der Waals surface area contributed by atoms with Gasteiger partial charge in [0.1, 0.15) is 0 Å². The largest absolute Gasteiger partial charge is 0.378 e. The highest BCUT2D eigenvalue weighted by atomic mass is 16.5. The van der Waals surface area contributed by atoms with Crippen molar-refractivity contribution >= 4 is 0 Å².